The van der Waals surface area contributed by atoms with Crippen molar-refractivity contribution in [2.24, 2.45) is 5.10 Å². The Morgan fingerprint density at radius 3 is 2.74 bits per heavy atom. The summed E-state index contributed by atoms with van der Waals surface area (Å²) in [5, 5.41) is 34.5. The van der Waals surface area contributed by atoms with Crippen molar-refractivity contribution < 1.29 is 0 Å². The summed E-state index contributed by atoms with van der Waals surface area (Å²) >= 11 is 1.43. The highest BCUT2D eigenvalue weighted by Crippen LogP contribution is 2.29. The standard InChI is InChI=1S/C14H10N8S/c1-8-3-4-10(5-12(8)19-18-11(6-15)7-16)13-21-22-9(2)17-20-14(22)23-13/h3-5,19H,1-2H3. The first-order valence-corrected chi connectivity index (χ1v) is 7.38. The third-order valence-corrected chi connectivity index (χ3v) is 4.08. The van der Waals surface area contributed by atoms with Gasteiger partial charge in [-0.2, -0.15) is 25.2 Å². The highest BCUT2D eigenvalue weighted by Gasteiger charge is 2.11. The van der Waals surface area contributed by atoms with Crippen molar-refractivity contribution in [3.63, 3.8) is 0 Å². The number of rotatable bonds is 3. The van der Waals surface area contributed by atoms with Crippen LogP contribution in [0.5, 0.6) is 0 Å². The van der Waals surface area contributed by atoms with Crippen LogP contribution in [0.25, 0.3) is 15.5 Å². The van der Waals surface area contributed by atoms with E-state index in [0.29, 0.717) is 5.69 Å². The average Bonchev–Trinajstić information content (AvgIpc) is 3.12. The number of aromatic nitrogens is 4. The molecule has 0 bridgehead atoms. The number of hydrogen-bond acceptors (Lipinski definition) is 8. The fourth-order valence-corrected chi connectivity index (χ4v) is 2.78. The lowest BCUT2D eigenvalue weighted by Crippen LogP contribution is -1.98. The molecule has 0 aliphatic heterocycles. The van der Waals surface area contributed by atoms with Crippen LogP contribution in [0.4, 0.5) is 5.69 Å². The highest BCUT2D eigenvalue weighted by atomic mass is 32.1. The first kappa shape index (κ1) is 14.6. The van der Waals surface area contributed by atoms with Crippen molar-refractivity contribution in [1.29, 1.82) is 10.5 Å². The van der Waals surface area contributed by atoms with E-state index in [9.17, 15) is 0 Å². The second-order valence-electron chi connectivity index (χ2n) is 4.67. The van der Waals surface area contributed by atoms with Crippen molar-refractivity contribution in [2.75, 3.05) is 5.43 Å². The molecule has 0 radical (unpaired) electrons. The van der Waals surface area contributed by atoms with Crippen LogP contribution in [0.3, 0.4) is 0 Å². The molecule has 0 unspecified atom stereocenters. The topological polar surface area (TPSA) is 115 Å². The zero-order valence-corrected chi connectivity index (χ0v) is 13.1. The van der Waals surface area contributed by atoms with Gasteiger partial charge >= 0.3 is 0 Å². The van der Waals surface area contributed by atoms with Gasteiger partial charge in [0.15, 0.2) is 5.82 Å². The molecule has 3 aromatic rings. The number of nitrogens with one attached hydrogen (secondary N) is 1. The van der Waals surface area contributed by atoms with Crippen LogP contribution in [0.1, 0.15) is 11.4 Å². The average molecular weight is 322 g/mol. The Morgan fingerprint density at radius 2 is 2.04 bits per heavy atom. The van der Waals surface area contributed by atoms with Crippen molar-refractivity contribution in [3.8, 4) is 22.7 Å². The zero-order chi connectivity index (χ0) is 16.4. The molecule has 9 heteroatoms. The monoisotopic (exact) mass is 322 g/mol. The Kier molecular flexibility index (Phi) is 3.71. The van der Waals surface area contributed by atoms with Crippen LogP contribution >= 0.6 is 11.3 Å². The predicted octanol–water partition coefficient (Wildman–Crippen LogP) is 2.28. The SMILES string of the molecule is Cc1ccc(-c2nn3c(C)nnc3s2)cc1NN=C(C#N)C#N. The molecule has 1 N–H and O–H groups in total. The normalized spacial score (nSPS) is 10.1. The number of hydrogen-bond donors (Lipinski definition) is 1. The van der Waals surface area contributed by atoms with Crippen molar-refractivity contribution >= 4 is 27.7 Å². The molecule has 3 rings (SSSR count). The van der Waals surface area contributed by atoms with Crippen molar-refractivity contribution in [2.45, 2.75) is 13.8 Å². The van der Waals surface area contributed by atoms with Crippen molar-refractivity contribution in [1.82, 2.24) is 19.8 Å². The number of benzene rings is 1. The number of fused-ring (bicyclic) bond motifs is 1. The van der Waals surface area contributed by atoms with Crippen LogP contribution in [0.15, 0.2) is 23.3 Å². The smallest absolute Gasteiger partial charge is 0.237 e. The third kappa shape index (κ3) is 2.73. The van der Waals surface area contributed by atoms with Crippen LogP contribution in [-0.2, 0) is 0 Å². The molecule has 2 heterocycles. The summed E-state index contributed by atoms with van der Waals surface area (Å²) in [6.07, 6.45) is 0. The van der Waals surface area contributed by atoms with E-state index in [4.69, 9.17) is 10.5 Å². The number of nitrogens with zero attached hydrogens (tertiary/aromatic N) is 7. The fourth-order valence-electron chi connectivity index (χ4n) is 1.90. The molecule has 1 aromatic carbocycles. The first-order chi connectivity index (χ1) is 11.1. The van der Waals surface area contributed by atoms with E-state index in [1.165, 1.54) is 11.3 Å². The van der Waals surface area contributed by atoms with Gasteiger partial charge in [-0.05, 0) is 25.5 Å². The molecule has 0 spiro atoms. The summed E-state index contributed by atoms with van der Waals surface area (Å²) in [6, 6.07) is 9.14. The predicted molar refractivity (Wildman–Crippen MR) is 85.9 cm³/mol. The van der Waals surface area contributed by atoms with Gasteiger partial charge in [-0.15, -0.1) is 10.2 Å². The second kappa shape index (κ2) is 5.83. The highest BCUT2D eigenvalue weighted by molar-refractivity contribution is 7.19. The minimum Gasteiger partial charge on any atom is -0.276 e. The molecule has 0 amide bonds. The molecule has 2 aromatic heterocycles. The van der Waals surface area contributed by atoms with Gasteiger partial charge in [0, 0.05) is 5.56 Å². The molecule has 0 saturated carbocycles. The van der Waals surface area contributed by atoms with Gasteiger partial charge in [-0.1, -0.05) is 23.5 Å². The molecule has 0 atom stereocenters. The number of nitriles is 2. The first-order valence-electron chi connectivity index (χ1n) is 6.56. The van der Waals surface area contributed by atoms with E-state index in [1.54, 1.807) is 16.7 Å². The minimum atomic E-state index is -0.232. The molecule has 112 valence electrons. The van der Waals surface area contributed by atoms with Gasteiger partial charge in [0.1, 0.15) is 17.1 Å². The van der Waals surface area contributed by atoms with E-state index in [1.807, 2.05) is 32.0 Å². The number of hydrazone groups is 1. The molecule has 0 fully saturated rings. The van der Waals surface area contributed by atoms with Crippen molar-refractivity contribution in [3.05, 3.63) is 29.6 Å². The molecule has 0 aliphatic carbocycles. The summed E-state index contributed by atoms with van der Waals surface area (Å²) in [7, 11) is 0. The van der Waals surface area contributed by atoms with Gasteiger partial charge in [0.25, 0.3) is 0 Å². The zero-order valence-electron chi connectivity index (χ0n) is 12.3. The van der Waals surface area contributed by atoms with Gasteiger partial charge in [-0.25, -0.2) is 0 Å². The Hall–Kier alpha value is -3.30. The minimum absolute atomic E-state index is 0.232. The van der Waals surface area contributed by atoms with Gasteiger partial charge in [0.05, 0.1) is 5.69 Å². The molecular formula is C14H10N8S. The maximum Gasteiger partial charge on any atom is 0.237 e. The summed E-state index contributed by atoms with van der Waals surface area (Å²) in [4.78, 5) is 0.724. The molecule has 0 aliphatic rings. The van der Waals surface area contributed by atoms with E-state index >= 15 is 0 Å². The van der Waals surface area contributed by atoms with E-state index < -0.39 is 0 Å². The summed E-state index contributed by atoms with van der Waals surface area (Å²) in [5.74, 6) is 0.727. The van der Waals surface area contributed by atoms with Gasteiger partial charge < -0.3 is 0 Å². The van der Waals surface area contributed by atoms with E-state index in [-0.39, 0.29) is 5.71 Å². The number of aryl methyl sites for hydroxylation is 2. The largest absolute Gasteiger partial charge is 0.276 e. The van der Waals surface area contributed by atoms with E-state index in [0.717, 1.165) is 26.9 Å². The lowest BCUT2D eigenvalue weighted by molar-refractivity contribution is 0.898. The van der Waals surface area contributed by atoms with Crippen LogP contribution in [0.2, 0.25) is 0 Å². The lowest BCUT2D eigenvalue weighted by atomic mass is 10.1. The Bertz CT molecular complexity index is 982. The summed E-state index contributed by atoms with van der Waals surface area (Å²) < 4.78 is 1.69. The van der Waals surface area contributed by atoms with Gasteiger partial charge in [0.2, 0.25) is 10.7 Å². The molecular weight excluding hydrogens is 312 g/mol. The Balaban J connectivity index is 1.98. The maximum absolute atomic E-state index is 8.72. The lowest BCUT2D eigenvalue weighted by Gasteiger charge is -2.06. The fraction of sp³-hybridized carbons (Fsp3) is 0.143. The Labute approximate surface area is 135 Å². The van der Waals surface area contributed by atoms with Crippen LogP contribution in [0, 0.1) is 36.5 Å². The van der Waals surface area contributed by atoms with E-state index in [2.05, 4.69) is 25.8 Å². The quantitative estimate of drug-likeness (QED) is 0.584. The third-order valence-electron chi connectivity index (χ3n) is 3.13. The summed E-state index contributed by atoms with van der Waals surface area (Å²) in [5.41, 5.74) is 5.04. The number of anilines is 1. The second-order valence-corrected chi connectivity index (χ2v) is 5.63. The molecule has 23 heavy (non-hydrogen) atoms. The molecule has 0 saturated heterocycles. The molecule has 8 nitrogen and oxygen atoms in total. The van der Waals surface area contributed by atoms with Gasteiger partial charge in [-0.3, -0.25) is 5.43 Å². The Morgan fingerprint density at radius 1 is 1.26 bits per heavy atom. The maximum atomic E-state index is 8.72. The van der Waals surface area contributed by atoms with Crippen LogP contribution < -0.4 is 5.43 Å². The van der Waals surface area contributed by atoms with Crippen LogP contribution in [-0.4, -0.2) is 25.5 Å². The summed E-state index contributed by atoms with van der Waals surface area (Å²) in [6.45, 7) is 3.74.